The molecular formula is C19H29N3O2. The van der Waals surface area contributed by atoms with Gasteiger partial charge in [-0.15, -0.1) is 0 Å². The fourth-order valence-electron chi connectivity index (χ4n) is 3.44. The lowest BCUT2D eigenvalue weighted by Gasteiger charge is -2.22. The van der Waals surface area contributed by atoms with Crippen LogP contribution in [0.15, 0.2) is 29.3 Å². The quantitative estimate of drug-likeness (QED) is 0.458. The minimum absolute atomic E-state index is 0.364. The first-order valence-corrected chi connectivity index (χ1v) is 9.15. The zero-order valence-corrected chi connectivity index (χ0v) is 14.8. The number of para-hydroxylation sites is 1. The van der Waals surface area contributed by atoms with Gasteiger partial charge < -0.3 is 20.1 Å². The van der Waals surface area contributed by atoms with Crippen LogP contribution in [-0.2, 0) is 4.74 Å². The molecule has 2 aliphatic rings. The van der Waals surface area contributed by atoms with Crippen molar-refractivity contribution >= 4 is 5.96 Å². The van der Waals surface area contributed by atoms with Gasteiger partial charge in [0.05, 0.1) is 24.9 Å². The number of nitrogens with one attached hydrogen (secondary N) is 2. The van der Waals surface area contributed by atoms with Gasteiger partial charge in [-0.05, 0) is 44.7 Å². The number of benzene rings is 1. The van der Waals surface area contributed by atoms with E-state index in [0.717, 1.165) is 37.6 Å². The van der Waals surface area contributed by atoms with E-state index in [2.05, 4.69) is 35.5 Å². The van der Waals surface area contributed by atoms with E-state index in [1.165, 1.54) is 18.4 Å². The molecule has 0 saturated carbocycles. The molecule has 5 nitrogen and oxygen atoms in total. The fraction of sp³-hybridized carbons (Fsp3) is 0.632. The number of aliphatic imine (C=N–C) groups is 1. The molecule has 1 aromatic rings. The van der Waals surface area contributed by atoms with Gasteiger partial charge in [-0.1, -0.05) is 18.2 Å². The van der Waals surface area contributed by atoms with Crippen LogP contribution < -0.4 is 15.4 Å². The Labute approximate surface area is 144 Å². The van der Waals surface area contributed by atoms with Gasteiger partial charge >= 0.3 is 0 Å². The molecule has 0 aliphatic carbocycles. The summed E-state index contributed by atoms with van der Waals surface area (Å²) in [6.45, 7) is 6.47. The van der Waals surface area contributed by atoms with E-state index < -0.39 is 0 Å². The summed E-state index contributed by atoms with van der Waals surface area (Å²) >= 11 is 0. The Morgan fingerprint density at radius 1 is 1.33 bits per heavy atom. The molecule has 0 spiro atoms. The molecule has 1 aromatic carbocycles. The average Bonchev–Trinajstić information content (AvgIpc) is 3.19. The molecule has 2 heterocycles. The lowest BCUT2D eigenvalue weighted by Crippen LogP contribution is -2.47. The molecular weight excluding hydrogens is 302 g/mol. The number of hydrogen-bond donors (Lipinski definition) is 2. The Morgan fingerprint density at radius 3 is 2.92 bits per heavy atom. The highest BCUT2D eigenvalue weighted by Gasteiger charge is 2.41. The van der Waals surface area contributed by atoms with Crippen molar-refractivity contribution in [3.05, 3.63) is 29.8 Å². The molecule has 5 heteroatoms. The molecule has 3 rings (SSSR count). The summed E-state index contributed by atoms with van der Waals surface area (Å²) in [5, 5.41) is 6.87. The molecule has 0 aromatic heterocycles. The van der Waals surface area contributed by atoms with Crippen LogP contribution in [0, 0.1) is 6.92 Å². The topological polar surface area (TPSA) is 54.9 Å². The van der Waals surface area contributed by atoms with Crippen molar-refractivity contribution in [3.8, 4) is 5.75 Å². The van der Waals surface area contributed by atoms with Crippen molar-refractivity contribution in [2.75, 3.05) is 19.7 Å². The minimum Gasteiger partial charge on any atom is -0.493 e. The summed E-state index contributed by atoms with van der Waals surface area (Å²) in [4.78, 5) is 4.67. The van der Waals surface area contributed by atoms with E-state index in [4.69, 9.17) is 9.47 Å². The molecule has 24 heavy (non-hydrogen) atoms. The third kappa shape index (κ3) is 4.41. The Morgan fingerprint density at radius 2 is 2.21 bits per heavy atom. The second kappa shape index (κ2) is 8.38. The van der Waals surface area contributed by atoms with E-state index in [9.17, 15) is 0 Å². The van der Waals surface area contributed by atoms with Crippen molar-refractivity contribution in [3.63, 3.8) is 0 Å². The molecule has 0 amide bonds. The smallest absolute Gasteiger partial charge is 0.191 e. The van der Waals surface area contributed by atoms with Gasteiger partial charge in [0.25, 0.3) is 0 Å². The van der Waals surface area contributed by atoms with E-state index in [0.29, 0.717) is 24.9 Å². The summed E-state index contributed by atoms with van der Waals surface area (Å²) in [7, 11) is 0. The van der Waals surface area contributed by atoms with Crippen LogP contribution in [0.25, 0.3) is 0 Å². The minimum atomic E-state index is 0.364. The van der Waals surface area contributed by atoms with Crippen molar-refractivity contribution in [1.82, 2.24) is 10.6 Å². The Hall–Kier alpha value is -1.75. The van der Waals surface area contributed by atoms with E-state index in [-0.39, 0.29) is 0 Å². The fourth-order valence-corrected chi connectivity index (χ4v) is 3.44. The maximum Gasteiger partial charge on any atom is 0.191 e. The number of hydrogen-bond acceptors (Lipinski definition) is 3. The number of rotatable bonds is 7. The van der Waals surface area contributed by atoms with E-state index >= 15 is 0 Å². The zero-order valence-electron chi connectivity index (χ0n) is 14.8. The van der Waals surface area contributed by atoms with Gasteiger partial charge in [0.15, 0.2) is 5.96 Å². The molecule has 0 radical (unpaired) electrons. The van der Waals surface area contributed by atoms with Crippen LogP contribution in [0.2, 0.25) is 0 Å². The SMILES string of the molecule is CCNC(=NCCCOc1ccccc1C)NC1CC2CCC1O2. The standard InChI is InChI=1S/C19H29N3O2/c1-3-20-19(22-16-13-15-9-10-18(16)24-15)21-11-6-12-23-17-8-5-4-7-14(17)2/h4-5,7-8,15-16,18H,3,6,9-13H2,1-2H3,(H2,20,21,22). The summed E-state index contributed by atoms with van der Waals surface area (Å²) in [6, 6.07) is 8.52. The molecule has 2 N–H and O–H groups in total. The van der Waals surface area contributed by atoms with Gasteiger partial charge in [0.1, 0.15) is 5.75 Å². The molecule has 2 fully saturated rings. The van der Waals surface area contributed by atoms with Crippen molar-refractivity contribution < 1.29 is 9.47 Å². The molecule has 2 bridgehead atoms. The van der Waals surface area contributed by atoms with Crippen molar-refractivity contribution in [2.24, 2.45) is 4.99 Å². The molecule has 3 atom stereocenters. The maximum absolute atomic E-state index is 5.90. The van der Waals surface area contributed by atoms with E-state index in [1.54, 1.807) is 0 Å². The van der Waals surface area contributed by atoms with Crippen molar-refractivity contribution in [2.45, 2.75) is 57.8 Å². The summed E-state index contributed by atoms with van der Waals surface area (Å²) < 4.78 is 11.7. The maximum atomic E-state index is 5.90. The monoisotopic (exact) mass is 331 g/mol. The highest BCUT2D eigenvalue weighted by molar-refractivity contribution is 5.80. The van der Waals surface area contributed by atoms with Gasteiger partial charge in [-0.2, -0.15) is 0 Å². The second-order valence-corrected chi connectivity index (χ2v) is 6.59. The Kier molecular flexibility index (Phi) is 5.96. The Balaban J connectivity index is 1.41. The highest BCUT2D eigenvalue weighted by atomic mass is 16.5. The first-order chi connectivity index (χ1) is 11.8. The lowest BCUT2D eigenvalue weighted by atomic mass is 9.96. The van der Waals surface area contributed by atoms with Gasteiger partial charge in [0, 0.05) is 19.5 Å². The third-order valence-electron chi connectivity index (χ3n) is 4.70. The first kappa shape index (κ1) is 17.1. The van der Waals surface area contributed by atoms with Crippen LogP contribution in [0.3, 0.4) is 0 Å². The van der Waals surface area contributed by atoms with Crippen LogP contribution in [0.1, 0.15) is 38.2 Å². The number of fused-ring (bicyclic) bond motifs is 2. The van der Waals surface area contributed by atoms with Crippen LogP contribution in [-0.4, -0.2) is 43.9 Å². The zero-order chi connectivity index (χ0) is 16.8. The Bertz CT molecular complexity index is 561. The molecule has 2 saturated heterocycles. The predicted molar refractivity (Wildman–Crippen MR) is 96.7 cm³/mol. The predicted octanol–water partition coefficient (Wildman–Crippen LogP) is 2.64. The largest absolute Gasteiger partial charge is 0.493 e. The van der Waals surface area contributed by atoms with Gasteiger partial charge in [-0.25, -0.2) is 0 Å². The molecule has 132 valence electrons. The molecule has 2 aliphatic heterocycles. The highest BCUT2D eigenvalue weighted by Crippen LogP contribution is 2.34. The normalized spacial score (nSPS) is 25.8. The number of ether oxygens (including phenoxy) is 2. The average molecular weight is 331 g/mol. The van der Waals surface area contributed by atoms with Gasteiger partial charge in [0.2, 0.25) is 0 Å². The summed E-state index contributed by atoms with van der Waals surface area (Å²) in [5.41, 5.74) is 1.17. The third-order valence-corrected chi connectivity index (χ3v) is 4.70. The summed E-state index contributed by atoms with van der Waals surface area (Å²) in [6.07, 6.45) is 5.21. The van der Waals surface area contributed by atoms with Crippen molar-refractivity contribution in [1.29, 1.82) is 0 Å². The number of aryl methyl sites for hydroxylation is 1. The second-order valence-electron chi connectivity index (χ2n) is 6.59. The number of guanidine groups is 1. The van der Waals surface area contributed by atoms with Crippen LogP contribution in [0.5, 0.6) is 5.75 Å². The first-order valence-electron chi connectivity index (χ1n) is 9.15. The summed E-state index contributed by atoms with van der Waals surface area (Å²) in [5.74, 6) is 1.86. The molecule has 3 unspecified atom stereocenters. The lowest BCUT2D eigenvalue weighted by molar-refractivity contribution is 0.0992. The van der Waals surface area contributed by atoms with Crippen LogP contribution >= 0.6 is 0 Å². The number of nitrogens with zero attached hydrogens (tertiary/aromatic N) is 1. The van der Waals surface area contributed by atoms with Gasteiger partial charge in [-0.3, -0.25) is 4.99 Å². The van der Waals surface area contributed by atoms with E-state index in [1.807, 2.05) is 18.2 Å². The van der Waals surface area contributed by atoms with Crippen LogP contribution in [0.4, 0.5) is 0 Å².